The molecular weight excluding hydrogens is 769 g/mol. The van der Waals surface area contributed by atoms with Crippen molar-refractivity contribution in [2.75, 3.05) is 16.5 Å². The van der Waals surface area contributed by atoms with E-state index in [2.05, 4.69) is 240 Å². The van der Waals surface area contributed by atoms with E-state index in [9.17, 15) is 0 Å². The first-order valence-electron chi connectivity index (χ1n) is 22.7. The first-order valence-corrected chi connectivity index (χ1v) is 22.7. The Morgan fingerprint density at radius 3 is 1.67 bits per heavy atom. The van der Waals surface area contributed by atoms with Crippen molar-refractivity contribution in [2.24, 2.45) is 0 Å². The third kappa shape index (κ3) is 8.90. The van der Waals surface area contributed by atoms with Gasteiger partial charge < -0.3 is 14.5 Å². The molecule has 0 bridgehead atoms. The van der Waals surface area contributed by atoms with Crippen LogP contribution in [0, 0.1) is 0 Å². The second kappa shape index (κ2) is 15.5. The molecule has 0 saturated heterocycles. The molecule has 0 spiro atoms. The van der Waals surface area contributed by atoms with E-state index in [0.717, 1.165) is 34.0 Å². The standard InChI is InChI=1S/C58H68N4O/c1-54(2,3)39-21-24-50-49(32-39)48-23-22-46(35-51(48)62(50)53-33-40(25-26-59-53)55(4,5)6)63-47-31-43(58(13,14)15)28-44(34-47)60-36-52(38-19-17-16-18-20-38)61(37-60)45-29-41(56(7,8)9)27-42(30-45)57(10,11)12/h16-36H,37H2,1-15H3. The zero-order valence-electron chi connectivity index (χ0n) is 40.5. The summed E-state index contributed by atoms with van der Waals surface area (Å²) in [5.74, 6) is 2.49. The number of pyridine rings is 1. The quantitative estimate of drug-likeness (QED) is 0.167. The molecule has 1 aliphatic heterocycles. The number of benzene rings is 5. The first-order chi connectivity index (χ1) is 29.3. The molecule has 5 nitrogen and oxygen atoms in total. The van der Waals surface area contributed by atoms with Crippen LogP contribution in [-0.2, 0) is 27.1 Å². The third-order valence-electron chi connectivity index (χ3n) is 12.7. The number of hydrogen-bond donors (Lipinski definition) is 0. The summed E-state index contributed by atoms with van der Waals surface area (Å²) in [5.41, 5.74) is 13.2. The van der Waals surface area contributed by atoms with Gasteiger partial charge in [-0.15, -0.1) is 0 Å². The van der Waals surface area contributed by atoms with Crippen molar-refractivity contribution in [1.82, 2.24) is 9.55 Å². The molecule has 1 aliphatic rings. The first kappa shape index (κ1) is 43.8. The summed E-state index contributed by atoms with van der Waals surface area (Å²) in [6.45, 7) is 34.9. The van der Waals surface area contributed by atoms with Gasteiger partial charge in [0.15, 0.2) is 0 Å². The van der Waals surface area contributed by atoms with Gasteiger partial charge in [0.1, 0.15) is 17.3 Å². The summed E-state index contributed by atoms with van der Waals surface area (Å²) in [5, 5.41) is 2.39. The second-order valence-corrected chi connectivity index (χ2v) is 22.9. The van der Waals surface area contributed by atoms with Crippen LogP contribution in [0.4, 0.5) is 11.4 Å². The highest BCUT2D eigenvalue weighted by molar-refractivity contribution is 6.09. The zero-order valence-corrected chi connectivity index (χ0v) is 40.5. The Bertz CT molecular complexity index is 2830. The lowest BCUT2D eigenvalue weighted by atomic mass is 9.80. The van der Waals surface area contributed by atoms with Gasteiger partial charge >= 0.3 is 0 Å². The van der Waals surface area contributed by atoms with Gasteiger partial charge in [0, 0.05) is 46.7 Å². The van der Waals surface area contributed by atoms with Crippen LogP contribution in [0.25, 0.3) is 33.3 Å². The Labute approximate surface area is 377 Å². The van der Waals surface area contributed by atoms with E-state index in [4.69, 9.17) is 9.72 Å². The highest BCUT2D eigenvalue weighted by atomic mass is 16.5. The lowest BCUT2D eigenvalue weighted by Gasteiger charge is -2.31. The summed E-state index contributed by atoms with van der Waals surface area (Å²) in [4.78, 5) is 9.83. The van der Waals surface area contributed by atoms with E-state index in [1.807, 2.05) is 6.20 Å². The minimum absolute atomic E-state index is 0.000947. The Hall–Kier alpha value is -5.81. The molecule has 0 N–H and O–H groups in total. The topological polar surface area (TPSA) is 33.5 Å². The van der Waals surface area contributed by atoms with Crippen LogP contribution in [0.2, 0.25) is 0 Å². The largest absolute Gasteiger partial charge is 0.457 e. The average Bonchev–Trinajstić information content (AvgIpc) is 3.79. The molecule has 8 rings (SSSR count). The van der Waals surface area contributed by atoms with Crippen LogP contribution < -0.4 is 14.5 Å². The molecule has 326 valence electrons. The lowest BCUT2D eigenvalue weighted by molar-refractivity contribution is 0.479. The van der Waals surface area contributed by atoms with Gasteiger partial charge in [-0.3, -0.25) is 4.57 Å². The molecule has 2 aromatic heterocycles. The molecular formula is C58H68N4O. The fourth-order valence-corrected chi connectivity index (χ4v) is 8.50. The molecule has 0 amide bonds. The maximum atomic E-state index is 7.00. The number of rotatable bonds is 6. The van der Waals surface area contributed by atoms with Gasteiger partial charge in [-0.2, -0.15) is 0 Å². The molecule has 5 heteroatoms. The monoisotopic (exact) mass is 837 g/mol. The fraction of sp³-hybridized carbons (Fsp3) is 0.362. The zero-order chi connectivity index (χ0) is 45.4. The molecule has 5 aromatic carbocycles. The summed E-state index contributed by atoms with van der Waals surface area (Å²) >= 11 is 0. The van der Waals surface area contributed by atoms with Crippen molar-refractivity contribution >= 4 is 38.9 Å². The smallest absolute Gasteiger partial charge is 0.137 e. The van der Waals surface area contributed by atoms with E-state index >= 15 is 0 Å². The molecule has 0 fully saturated rings. The number of ether oxygens (including phenoxy) is 1. The number of nitrogens with zero attached hydrogens (tertiary/aromatic N) is 4. The van der Waals surface area contributed by atoms with Crippen molar-refractivity contribution in [3.05, 3.63) is 161 Å². The minimum Gasteiger partial charge on any atom is -0.457 e. The summed E-state index contributed by atoms with van der Waals surface area (Å²) < 4.78 is 9.31. The van der Waals surface area contributed by atoms with Gasteiger partial charge in [-0.25, -0.2) is 4.98 Å². The van der Waals surface area contributed by atoms with Gasteiger partial charge in [-0.1, -0.05) is 146 Å². The van der Waals surface area contributed by atoms with E-state index < -0.39 is 0 Å². The molecule has 0 atom stereocenters. The highest BCUT2D eigenvalue weighted by Crippen LogP contribution is 2.43. The highest BCUT2D eigenvalue weighted by Gasteiger charge is 2.30. The Morgan fingerprint density at radius 1 is 0.460 bits per heavy atom. The molecule has 0 radical (unpaired) electrons. The number of anilines is 2. The van der Waals surface area contributed by atoms with Crippen molar-refractivity contribution in [2.45, 2.75) is 131 Å². The maximum Gasteiger partial charge on any atom is 0.137 e. The van der Waals surface area contributed by atoms with Crippen LogP contribution in [0.15, 0.2) is 128 Å². The minimum atomic E-state index is -0.118. The predicted octanol–water partition coefficient (Wildman–Crippen LogP) is 15.7. The van der Waals surface area contributed by atoms with E-state index in [-0.39, 0.29) is 27.1 Å². The van der Waals surface area contributed by atoms with Crippen molar-refractivity contribution in [1.29, 1.82) is 0 Å². The van der Waals surface area contributed by atoms with E-state index in [1.165, 1.54) is 55.5 Å². The van der Waals surface area contributed by atoms with Gasteiger partial charge in [-0.05, 0) is 121 Å². The Kier molecular flexibility index (Phi) is 10.8. The summed E-state index contributed by atoms with van der Waals surface area (Å²) in [6, 6.07) is 42.5. The molecule has 0 aliphatic carbocycles. The fourth-order valence-electron chi connectivity index (χ4n) is 8.50. The maximum absolute atomic E-state index is 7.00. The normalized spacial score (nSPS) is 14.2. The SMILES string of the molecule is CC(C)(C)c1cc(Oc2ccc3c4cc(C(C)(C)C)ccc4n(-c4cc(C(C)(C)C)ccn4)c3c2)cc(N2C=C(c3ccccc3)N(c3cc(C(C)(C)C)cc(C(C)(C)C)c3)C2)c1. The van der Waals surface area contributed by atoms with Crippen molar-refractivity contribution < 1.29 is 4.74 Å². The van der Waals surface area contributed by atoms with Crippen molar-refractivity contribution in [3.63, 3.8) is 0 Å². The van der Waals surface area contributed by atoms with Crippen LogP contribution in [-0.4, -0.2) is 16.2 Å². The molecule has 7 aromatic rings. The summed E-state index contributed by atoms with van der Waals surface area (Å²) in [6.07, 6.45) is 4.26. The van der Waals surface area contributed by atoms with Crippen molar-refractivity contribution in [3.8, 4) is 17.3 Å². The third-order valence-corrected chi connectivity index (χ3v) is 12.7. The Morgan fingerprint density at radius 2 is 1.05 bits per heavy atom. The average molecular weight is 837 g/mol. The lowest BCUT2D eigenvalue weighted by Crippen LogP contribution is -2.28. The molecule has 0 saturated carbocycles. The van der Waals surface area contributed by atoms with Gasteiger partial charge in [0.2, 0.25) is 0 Å². The predicted molar refractivity (Wildman–Crippen MR) is 269 cm³/mol. The Balaban J connectivity index is 1.24. The van der Waals surface area contributed by atoms with Crippen LogP contribution in [0.3, 0.4) is 0 Å². The van der Waals surface area contributed by atoms with Crippen LogP contribution in [0.5, 0.6) is 11.5 Å². The van der Waals surface area contributed by atoms with Gasteiger partial charge in [0.25, 0.3) is 0 Å². The van der Waals surface area contributed by atoms with Crippen LogP contribution >= 0.6 is 0 Å². The summed E-state index contributed by atoms with van der Waals surface area (Å²) in [7, 11) is 0. The number of fused-ring (bicyclic) bond motifs is 3. The molecule has 63 heavy (non-hydrogen) atoms. The molecule has 0 unspecified atom stereocenters. The molecule has 3 heterocycles. The van der Waals surface area contributed by atoms with Crippen LogP contribution in [0.1, 0.15) is 137 Å². The number of aromatic nitrogens is 2. The van der Waals surface area contributed by atoms with E-state index in [0.29, 0.717) is 6.67 Å². The van der Waals surface area contributed by atoms with E-state index in [1.54, 1.807) is 0 Å². The number of hydrogen-bond acceptors (Lipinski definition) is 4. The van der Waals surface area contributed by atoms with Gasteiger partial charge in [0.05, 0.1) is 23.4 Å². The second-order valence-electron chi connectivity index (χ2n) is 22.9.